The molecule has 2 aliphatic rings. The molecule has 2 bridgehead atoms. The van der Waals surface area contributed by atoms with Crippen molar-refractivity contribution in [2.75, 3.05) is 19.6 Å². The van der Waals surface area contributed by atoms with E-state index in [4.69, 9.17) is 10.5 Å². The molecule has 18 heavy (non-hydrogen) atoms. The number of unbranched alkanes of at least 4 members (excludes halogenated alkanes) is 3. The van der Waals surface area contributed by atoms with E-state index in [9.17, 15) is 0 Å². The van der Waals surface area contributed by atoms with Crippen molar-refractivity contribution in [2.24, 2.45) is 5.73 Å². The molecule has 2 saturated heterocycles. The average molecular weight is 254 g/mol. The van der Waals surface area contributed by atoms with E-state index in [0.29, 0.717) is 12.2 Å². The molecular weight excluding hydrogens is 224 g/mol. The highest BCUT2D eigenvalue weighted by Crippen LogP contribution is 2.32. The minimum atomic E-state index is 0.193. The molecule has 3 atom stereocenters. The number of nitrogens with zero attached hydrogens (tertiary/aromatic N) is 1. The fourth-order valence-electron chi connectivity index (χ4n) is 3.38. The van der Waals surface area contributed by atoms with Crippen LogP contribution in [0.3, 0.4) is 0 Å². The van der Waals surface area contributed by atoms with Crippen molar-refractivity contribution in [3.8, 4) is 0 Å². The zero-order chi connectivity index (χ0) is 13.0. The Morgan fingerprint density at radius 2 is 1.83 bits per heavy atom. The van der Waals surface area contributed by atoms with E-state index in [1.807, 2.05) is 0 Å². The number of ether oxygens (including phenoxy) is 1. The Morgan fingerprint density at radius 3 is 2.39 bits per heavy atom. The zero-order valence-corrected chi connectivity index (χ0v) is 12.2. The standard InChI is InChI=1S/C15H30N2O/c1-3-4-5-6-9-15(2,12-16)17-10-13-7-8-14(11-17)18-13/h13-14H,3-12,16H2,1-2H3. The lowest BCUT2D eigenvalue weighted by atomic mass is 9.91. The summed E-state index contributed by atoms with van der Waals surface area (Å²) in [7, 11) is 0. The molecule has 3 unspecified atom stereocenters. The summed E-state index contributed by atoms with van der Waals surface area (Å²) >= 11 is 0. The fraction of sp³-hybridized carbons (Fsp3) is 1.00. The third-order valence-electron chi connectivity index (χ3n) is 4.82. The van der Waals surface area contributed by atoms with Gasteiger partial charge in [-0.25, -0.2) is 0 Å². The van der Waals surface area contributed by atoms with E-state index in [-0.39, 0.29) is 5.54 Å². The molecule has 2 fully saturated rings. The van der Waals surface area contributed by atoms with Crippen molar-refractivity contribution >= 4 is 0 Å². The SMILES string of the molecule is CCCCCCC(C)(CN)N1CC2CCC(C1)O2. The maximum Gasteiger partial charge on any atom is 0.0707 e. The number of nitrogens with two attached hydrogens (primary N) is 1. The smallest absolute Gasteiger partial charge is 0.0707 e. The quantitative estimate of drug-likeness (QED) is 0.710. The summed E-state index contributed by atoms with van der Waals surface area (Å²) in [6.45, 7) is 7.58. The first-order valence-corrected chi connectivity index (χ1v) is 7.78. The van der Waals surface area contributed by atoms with Crippen molar-refractivity contribution < 1.29 is 4.74 Å². The second kappa shape index (κ2) is 6.36. The molecule has 0 amide bonds. The van der Waals surface area contributed by atoms with Crippen LogP contribution in [0.1, 0.15) is 58.8 Å². The third-order valence-corrected chi connectivity index (χ3v) is 4.82. The fourth-order valence-corrected chi connectivity index (χ4v) is 3.38. The van der Waals surface area contributed by atoms with Crippen LogP contribution in [0.2, 0.25) is 0 Å². The summed E-state index contributed by atoms with van der Waals surface area (Å²) in [5.41, 5.74) is 6.27. The summed E-state index contributed by atoms with van der Waals surface area (Å²) in [5.74, 6) is 0. The van der Waals surface area contributed by atoms with Gasteiger partial charge in [-0.15, -0.1) is 0 Å². The van der Waals surface area contributed by atoms with Crippen LogP contribution in [-0.2, 0) is 4.74 Å². The zero-order valence-electron chi connectivity index (χ0n) is 12.2. The second-order valence-electron chi connectivity index (χ2n) is 6.37. The molecule has 0 aromatic heterocycles. The second-order valence-corrected chi connectivity index (χ2v) is 6.37. The molecule has 0 saturated carbocycles. The molecule has 2 heterocycles. The number of hydrogen-bond acceptors (Lipinski definition) is 3. The van der Waals surface area contributed by atoms with Crippen molar-refractivity contribution in [3.63, 3.8) is 0 Å². The summed E-state index contributed by atoms with van der Waals surface area (Å²) in [5, 5.41) is 0. The highest BCUT2D eigenvalue weighted by atomic mass is 16.5. The van der Waals surface area contributed by atoms with Crippen LogP contribution in [0.25, 0.3) is 0 Å². The van der Waals surface area contributed by atoms with E-state index in [1.54, 1.807) is 0 Å². The van der Waals surface area contributed by atoms with E-state index in [1.165, 1.54) is 44.9 Å². The average Bonchev–Trinajstić information content (AvgIpc) is 2.73. The lowest BCUT2D eigenvalue weighted by Gasteiger charge is -2.45. The minimum Gasteiger partial charge on any atom is -0.372 e. The monoisotopic (exact) mass is 254 g/mol. The third kappa shape index (κ3) is 3.25. The lowest BCUT2D eigenvalue weighted by Crippen LogP contribution is -2.57. The Labute approximate surface area is 112 Å². The number of hydrogen-bond donors (Lipinski definition) is 1. The van der Waals surface area contributed by atoms with Crippen LogP contribution in [0, 0.1) is 0 Å². The molecule has 0 spiro atoms. The van der Waals surface area contributed by atoms with Crippen molar-refractivity contribution in [2.45, 2.75) is 76.5 Å². The van der Waals surface area contributed by atoms with Crippen LogP contribution in [0.5, 0.6) is 0 Å². The molecule has 3 nitrogen and oxygen atoms in total. The lowest BCUT2D eigenvalue weighted by molar-refractivity contribution is -0.0749. The Balaban J connectivity index is 1.85. The number of rotatable bonds is 7. The van der Waals surface area contributed by atoms with Crippen molar-refractivity contribution in [3.05, 3.63) is 0 Å². The van der Waals surface area contributed by atoms with Gasteiger partial charge in [-0.1, -0.05) is 32.6 Å². The number of fused-ring (bicyclic) bond motifs is 2. The molecule has 2 rings (SSSR count). The first-order chi connectivity index (χ1) is 8.68. The first-order valence-electron chi connectivity index (χ1n) is 7.78. The van der Waals surface area contributed by atoms with Gasteiger partial charge in [0.2, 0.25) is 0 Å². The summed E-state index contributed by atoms with van der Waals surface area (Å²) in [6.07, 6.45) is 10.0. The normalized spacial score (nSPS) is 31.5. The molecule has 3 heteroatoms. The molecule has 0 aromatic rings. The van der Waals surface area contributed by atoms with Crippen LogP contribution < -0.4 is 5.73 Å². The van der Waals surface area contributed by atoms with Gasteiger partial charge in [0.05, 0.1) is 12.2 Å². The van der Waals surface area contributed by atoms with Gasteiger partial charge in [-0.3, -0.25) is 4.90 Å². The van der Waals surface area contributed by atoms with Gasteiger partial charge in [0.15, 0.2) is 0 Å². The van der Waals surface area contributed by atoms with E-state index < -0.39 is 0 Å². The summed E-state index contributed by atoms with van der Waals surface area (Å²) < 4.78 is 5.93. The van der Waals surface area contributed by atoms with Crippen molar-refractivity contribution in [1.82, 2.24) is 4.90 Å². The van der Waals surface area contributed by atoms with Gasteiger partial charge in [0.25, 0.3) is 0 Å². The molecule has 0 aromatic carbocycles. The highest BCUT2D eigenvalue weighted by Gasteiger charge is 2.40. The van der Waals surface area contributed by atoms with Crippen molar-refractivity contribution in [1.29, 1.82) is 0 Å². The molecule has 2 aliphatic heterocycles. The predicted octanol–water partition coefficient (Wildman–Crippen LogP) is 2.54. The summed E-state index contributed by atoms with van der Waals surface area (Å²) in [6, 6.07) is 0. The van der Waals surface area contributed by atoms with Gasteiger partial charge in [-0.05, 0) is 26.2 Å². The maximum atomic E-state index is 6.08. The molecular formula is C15H30N2O. The first kappa shape index (κ1) is 14.3. The van der Waals surface area contributed by atoms with Gasteiger partial charge in [-0.2, -0.15) is 0 Å². The molecule has 0 aliphatic carbocycles. The van der Waals surface area contributed by atoms with Crippen LogP contribution in [0.4, 0.5) is 0 Å². The minimum absolute atomic E-state index is 0.193. The number of likely N-dealkylation sites (tertiary alicyclic amines) is 1. The van der Waals surface area contributed by atoms with Gasteiger partial charge < -0.3 is 10.5 Å². The maximum absolute atomic E-state index is 6.08. The Bertz CT molecular complexity index is 247. The molecule has 2 N–H and O–H groups in total. The largest absolute Gasteiger partial charge is 0.372 e. The van der Waals surface area contributed by atoms with Crippen LogP contribution in [0.15, 0.2) is 0 Å². The Morgan fingerprint density at radius 1 is 1.17 bits per heavy atom. The highest BCUT2D eigenvalue weighted by molar-refractivity contribution is 4.95. The van der Waals surface area contributed by atoms with E-state index >= 15 is 0 Å². The molecule has 106 valence electrons. The Hall–Kier alpha value is -0.120. The van der Waals surface area contributed by atoms with Crippen LogP contribution in [-0.4, -0.2) is 42.3 Å². The van der Waals surface area contributed by atoms with E-state index in [0.717, 1.165) is 19.6 Å². The summed E-state index contributed by atoms with van der Waals surface area (Å²) in [4.78, 5) is 2.62. The van der Waals surface area contributed by atoms with Gasteiger partial charge in [0, 0.05) is 25.2 Å². The van der Waals surface area contributed by atoms with Gasteiger partial charge >= 0.3 is 0 Å². The topological polar surface area (TPSA) is 38.5 Å². The molecule has 0 radical (unpaired) electrons. The van der Waals surface area contributed by atoms with Crippen LogP contribution >= 0.6 is 0 Å². The predicted molar refractivity (Wildman–Crippen MR) is 75.7 cm³/mol. The number of morpholine rings is 1. The van der Waals surface area contributed by atoms with E-state index in [2.05, 4.69) is 18.7 Å². The Kier molecular flexibility index (Phi) is 5.05. The van der Waals surface area contributed by atoms with Gasteiger partial charge in [0.1, 0.15) is 0 Å².